The molecule has 0 saturated carbocycles. The number of para-hydroxylation sites is 1. The van der Waals surface area contributed by atoms with Crippen LogP contribution >= 0.6 is 0 Å². The summed E-state index contributed by atoms with van der Waals surface area (Å²) in [6.45, 7) is 6.07. The van der Waals surface area contributed by atoms with E-state index in [1.54, 1.807) is 4.52 Å². The molecule has 0 atom stereocenters. The standard InChI is InChI=1S/C10H8N4.C2H6/c1-7-6-10-11-12-13-14(10)9-5-3-2-4-8(7)9;1-2/h2-6H,1H3;1-2H3. The second kappa shape index (κ2) is 4.26. The minimum atomic E-state index is 0.793. The van der Waals surface area contributed by atoms with Crippen molar-refractivity contribution >= 4 is 16.6 Å². The molecule has 3 rings (SSSR count). The molecule has 2 aromatic heterocycles. The van der Waals surface area contributed by atoms with E-state index in [0.717, 1.165) is 11.2 Å². The number of aryl methyl sites for hydroxylation is 1. The number of hydrogen-bond acceptors (Lipinski definition) is 3. The minimum absolute atomic E-state index is 0.793. The van der Waals surface area contributed by atoms with Crippen molar-refractivity contribution in [3.8, 4) is 0 Å². The maximum absolute atomic E-state index is 3.94. The fourth-order valence-electron chi connectivity index (χ4n) is 1.72. The normalized spacial score (nSPS) is 10.2. The van der Waals surface area contributed by atoms with Crippen molar-refractivity contribution in [3.05, 3.63) is 35.9 Å². The first-order valence-corrected chi connectivity index (χ1v) is 5.43. The van der Waals surface area contributed by atoms with E-state index >= 15 is 0 Å². The topological polar surface area (TPSA) is 43.1 Å². The van der Waals surface area contributed by atoms with Crippen LogP contribution in [0, 0.1) is 6.92 Å². The molecule has 0 fully saturated rings. The molecule has 0 spiro atoms. The molecule has 0 saturated heterocycles. The molecule has 4 nitrogen and oxygen atoms in total. The number of rotatable bonds is 0. The van der Waals surface area contributed by atoms with Gasteiger partial charge in [0.15, 0.2) is 5.65 Å². The maximum atomic E-state index is 3.94. The van der Waals surface area contributed by atoms with Crippen molar-refractivity contribution < 1.29 is 0 Å². The van der Waals surface area contributed by atoms with Gasteiger partial charge in [0.25, 0.3) is 0 Å². The Balaban J connectivity index is 0.000000457. The summed E-state index contributed by atoms with van der Waals surface area (Å²) in [5.74, 6) is 0. The van der Waals surface area contributed by atoms with Gasteiger partial charge in [-0.3, -0.25) is 0 Å². The lowest BCUT2D eigenvalue weighted by atomic mass is 10.1. The number of fused-ring (bicyclic) bond motifs is 3. The van der Waals surface area contributed by atoms with Crippen molar-refractivity contribution in [1.29, 1.82) is 0 Å². The van der Waals surface area contributed by atoms with Gasteiger partial charge in [-0.1, -0.05) is 32.0 Å². The Labute approximate surface area is 93.9 Å². The summed E-state index contributed by atoms with van der Waals surface area (Å²) in [4.78, 5) is 0. The lowest BCUT2D eigenvalue weighted by Gasteiger charge is -2.02. The Hall–Kier alpha value is -1.97. The van der Waals surface area contributed by atoms with E-state index in [0.29, 0.717) is 0 Å². The summed E-state index contributed by atoms with van der Waals surface area (Å²) < 4.78 is 1.75. The van der Waals surface area contributed by atoms with E-state index in [4.69, 9.17) is 0 Å². The second-order valence-electron chi connectivity index (χ2n) is 3.29. The van der Waals surface area contributed by atoms with Gasteiger partial charge in [-0.15, -0.1) is 5.10 Å². The third-order valence-electron chi connectivity index (χ3n) is 2.40. The van der Waals surface area contributed by atoms with Gasteiger partial charge in [-0.05, 0) is 35.0 Å². The second-order valence-corrected chi connectivity index (χ2v) is 3.29. The van der Waals surface area contributed by atoms with Gasteiger partial charge in [0.05, 0.1) is 5.52 Å². The van der Waals surface area contributed by atoms with Crippen LogP contribution < -0.4 is 0 Å². The van der Waals surface area contributed by atoms with Crippen molar-refractivity contribution in [3.63, 3.8) is 0 Å². The Morgan fingerprint density at radius 2 is 1.88 bits per heavy atom. The van der Waals surface area contributed by atoms with Crippen LogP contribution in [0.15, 0.2) is 30.3 Å². The molecule has 1 aromatic carbocycles. The minimum Gasteiger partial charge on any atom is -0.193 e. The van der Waals surface area contributed by atoms with Crippen molar-refractivity contribution in [2.45, 2.75) is 20.8 Å². The Morgan fingerprint density at radius 1 is 1.12 bits per heavy atom. The van der Waals surface area contributed by atoms with E-state index in [1.807, 2.05) is 38.1 Å². The van der Waals surface area contributed by atoms with Crippen LogP contribution in [-0.2, 0) is 0 Å². The molecular formula is C12H14N4. The van der Waals surface area contributed by atoms with Gasteiger partial charge < -0.3 is 0 Å². The van der Waals surface area contributed by atoms with Crippen LogP contribution in [0.3, 0.4) is 0 Å². The SMILES string of the molecule is CC.Cc1cc2nnnn2c2ccccc12. The molecule has 4 heteroatoms. The van der Waals surface area contributed by atoms with Gasteiger partial charge in [0.1, 0.15) is 0 Å². The predicted molar refractivity (Wildman–Crippen MR) is 64.4 cm³/mol. The van der Waals surface area contributed by atoms with Crippen LogP contribution in [0.5, 0.6) is 0 Å². The molecule has 0 bridgehead atoms. The van der Waals surface area contributed by atoms with Gasteiger partial charge >= 0.3 is 0 Å². The molecule has 0 aliphatic carbocycles. The number of aromatic nitrogens is 4. The highest BCUT2D eigenvalue weighted by atomic mass is 15.5. The summed E-state index contributed by atoms with van der Waals surface area (Å²) in [5.41, 5.74) is 3.04. The van der Waals surface area contributed by atoms with Crippen LogP contribution in [0.2, 0.25) is 0 Å². The third kappa shape index (κ3) is 1.52. The molecule has 16 heavy (non-hydrogen) atoms. The summed E-state index contributed by atoms with van der Waals surface area (Å²) in [5, 5.41) is 12.7. The molecule has 0 amide bonds. The Bertz CT molecular complexity index is 613. The van der Waals surface area contributed by atoms with Gasteiger partial charge in [0.2, 0.25) is 0 Å². The van der Waals surface area contributed by atoms with E-state index < -0.39 is 0 Å². The van der Waals surface area contributed by atoms with Gasteiger partial charge in [0, 0.05) is 5.39 Å². The lowest BCUT2D eigenvalue weighted by molar-refractivity contribution is 0.841. The summed E-state index contributed by atoms with van der Waals surface area (Å²) in [6, 6.07) is 10.1. The van der Waals surface area contributed by atoms with Gasteiger partial charge in [-0.2, -0.15) is 4.52 Å². The molecule has 0 radical (unpaired) electrons. The van der Waals surface area contributed by atoms with E-state index in [-0.39, 0.29) is 0 Å². The average Bonchev–Trinajstić information content (AvgIpc) is 2.80. The third-order valence-corrected chi connectivity index (χ3v) is 2.40. The number of nitrogens with zero attached hydrogens (tertiary/aromatic N) is 4. The zero-order chi connectivity index (χ0) is 11.5. The number of pyridine rings is 1. The average molecular weight is 214 g/mol. The summed E-state index contributed by atoms with van der Waals surface area (Å²) in [7, 11) is 0. The van der Waals surface area contributed by atoms with Crippen molar-refractivity contribution in [2.75, 3.05) is 0 Å². The quantitative estimate of drug-likeness (QED) is 0.577. The van der Waals surface area contributed by atoms with E-state index in [1.165, 1.54) is 10.9 Å². The first-order chi connectivity index (χ1) is 7.86. The molecule has 0 unspecified atom stereocenters. The smallest absolute Gasteiger partial charge is 0.180 e. The largest absolute Gasteiger partial charge is 0.193 e. The maximum Gasteiger partial charge on any atom is 0.180 e. The first-order valence-electron chi connectivity index (χ1n) is 5.43. The Morgan fingerprint density at radius 3 is 2.69 bits per heavy atom. The fraction of sp³-hybridized carbons (Fsp3) is 0.250. The zero-order valence-corrected chi connectivity index (χ0v) is 9.68. The molecule has 0 N–H and O–H groups in total. The Kier molecular flexibility index (Phi) is 2.81. The van der Waals surface area contributed by atoms with Crippen LogP contribution in [0.25, 0.3) is 16.6 Å². The zero-order valence-electron chi connectivity index (χ0n) is 9.68. The fourth-order valence-corrected chi connectivity index (χ4v) is 1.72. The molecule has 3 aromatic rings. The molecule has 2 heterocycles. The monoisotopic (exact) mass is 214 g/mol. The molecule has 0 aliphatic rings. The van der Waals surface area contributed by atoms with E-state index in [9.17, 15) is 0 Å². The van der Waals surface area contributed by atoms with Crippen LogP contribution in [0.4, 0.5) is 0 Å². The lowest BCUT2D eigenvalue weighted by Crippen LogP contribution is -1.92. The van der Waals surface area contributed by atoms with Gasteiger partial charge in [-0.25, -0.2) is 0 Å². The number of tetrazole rings is 1. The summed E-state index contributed by atoms with van der Waals surface area (Å²) in [6.07, 6.45) is 0. The molecular weight excluding hydrogens is 200 g/mol. The highest BCUT2D eigenvalue weighted by Crippen LogP contribution is 2.18. The number of hydrogen-bond donors (Lipinski definition) is 0. The van der Waals surface area contributed by atoms with E-state index in [2.05, 4.69) is 28.5 Å². The number of benzene rings is 1. The van der Waals surface area contributed by atoms with Crippen molar-refractivity contribution in [1.82, 2.24) is 20.0 Å². The van der Waals surface area contributed by atoms with Crippen LogP contribution in [0.1, 0.15) is 19.4 Å². The van der Waals surface area contributed by atoms with Crippen LogP contribution in [-0.4, -0.2) is 20.0 Å². The predicted octanol–water partition coefficient (Wildman–Crippen LogP) is 2.61. The highest BCUT2D eigenvalue weighted by Gasteiger charge is 2.04. The van der Waals surface area contributed by atoms with Crippen molar-refractivity contribution in [2.24, 2.45) is 0 Å². The first kappa shape index (κ1) is 10.5. The molecule has 82 valence electrons. The highest BCUT2D eigenvalue weighted by molar-refractivity contribution is 5.84. The molecule has 0 aliphatic heterocycles. The summed E-state index contributed by atoms with van der Waals surface area (Å²) >= 11 is 0.